The van der Waals surface area contributed by atoms with Gasteiger partial charge in [0.2, 0.25) is 11.8 Å². The fraction of sp³-hybridized carbons (Fsp3) is 0.481. The van der Waals surface area contributed by atoms with Crippen LogP contribution in [0.2, 0.25) is 0 Å². The maximum atomic E-state index is 12.7. The Morgan fingerprint density at radius 3 is 2.56 bits per heavy atom. The lowest BCUT2D eigenvalue weighted by Gasteiger charge is -2.25. The van der Waals surface area contributed by atoms with E-state index in [0.717, 1.165) is 36.2 Å². The summed E-state index contributed by atoms with van der Waals surface area (Å²) in [7, 11) is 0. The maximum absolute atomic E-state index is 12.7. The molecule has 0 unspecified atom stereocenters. The van der Waals surface area contributed by atoms with E-state index in [4.69, 9.17) is 0 Å². The molecule has 4 rings (SSSR count). The zero-order chi connectivity index (χ0) is 22.9. The lowest BCUT2D eigenvalue weighted by molar-refractivity contribution is -0.117. The van der Waals surface area contributed by atoms with Gasteiger partial charge in [0, 0.05) is 17.8 Å². The molecule has 170 valence electrons. The summed E-state index contributed by atoms with van der Waals surface area (Å²) in [5.41, 5.74) is 5.91. The van der Waals surface area contributed by atoms with Crippen LogP contribution in [-0.4, -0.2) is 17.6 Å². The van der Waals surface area contributed by atoms with E-state index in [9.17, 15) is 9.59 Å². The number of carbonyl (C=O) groups is 2. The van der Waals surface area contributed by atoms with Crippen LogP contribution < -0.4 is 10.2 Å². The summed E-state index contributed by atoms with van der Waals surface area (Å²) >= 11 is 1.66. The lowest BCUT2D eigenvalue weighted by Crippen LogP contribution is -2.27. The standard InChI is InChI=1S/C27H34N2O2S/c1-18(16-27(2,3)4)14-24(30)28-22-11-8-20(9-12-22)26-29(25(31)17-32-26)23-13-10-19-6-5-7-21(19)15-23/h8-13,15,18,26H,5-7,14,16-17H2,1-4H3,(H,28,30)/t18-,26-/m1/s1. The summed E-state index contributed by atoms with van der Waals surface area (Å²) in [5, 5.41) is 3.00. The summed E-state index contributed by atoms with van der Waals surface area (Å²) in [6, 6.07) is 14.4. The van der Waals surface area contributed by atoms with Crippen molar-refractivity contribution < 1.29 is 9.59 Å². The third-order valence-electron chi connectivity index (χ3n) is 6.20. The van der Waals surface area contributed by atoms with E-state index < -0.39 is 0 Å². The molecular weight excluding hydrogens is 416 g/mol. The Kier molecular flexibility index (Phi) is 6.66. The fourth-order valence-corrected chi connectivity index (χ4v) is 6.21. The average molecular weight is 451 g/mol. The first-order valence-electron chi connectivity index (χ1n) is 11.6. The van der Waals surface area contributed by atoms with E-state index in [0.29, 0.717) is 18.1 Å². The van der Waals surface area contributed by atoms with Crippen LogP contribution in [0.4, 0.5) is 11.4 Å². The van der Waals surface area contributed by atoms with Gasteiger partial charge < -0.3 is 5.32 Å². The Labute approximate surface area is 196 Å². The van der Waals surface area contributed by atoms with Gasteiger partial charge in [0.1, 0.15) is 5.37 Å². The van der Waals surface area contributed by atoms with Crippen molar-refractivity contribution in [2.45, 2.75) is 65.2 Å². The van der Waals surface area contributed by atoms with Crippen LogP contribution in [0.5, 0.6) is 0 Å². The van der Waals surface area contributed by atoms with E-state index in [2.05, 4.69) is 51.2 Å². The first-order valence-corrected chi connectivity index (χ1v) is 12.7. The van der Waals surface area contributed by atoms with Crippen molar-refractivity contribution in [3.05, 3.63) is 59.2 Å². The van der Waals surface area contributed by atoms with Gasteiger partial charge in [-0.2, -0.15) is 0 Å². The average Bonchev–Trinajstić information content (AvgIpc) is 3.32. The third kappa shape index (κ3) is 5.37. The SMILES string of the molecule is C[C@H](CC(=O)Nc1ccc([C@H]2SCC(=O)N2c2ccc3c(c2)CCC3)cc1)CC(C)(C)C. The van der Waals surface area contributed by atoms with Crippen LogP contribution in [0.1, 0.15) is 69.0 Å². The number of hydrogen-bond donors (Lipinski definition) is 1. The Hall–Kier alpha value is -2.27. The van der Waals surface area contributed by atoms with Gasteiger partial charge in [-0.1, -0.05) is 45.9 Å². The molecule has 1 fully saturated rings. The monoisotopic (exact) mass is 450 g/mol. The van der Waals surface area contributed by atoms with Gasteiger partial charge in [0.05, 0.1) is 5.75 Å². The van der Waals surface area contributed by atoms with Crippen LogP contribution in [-0.2, 0) is 22.4 Å². The Morgan fingerprint density at radius 2 is 1.84 bits per heavy atom. The van der Waals surface area contributed by atoms with Gasteiger partial charge in [-0.25, -0.2) is 0 Å². The maximum Gasteiger partial charge on any atom is 0.238 e. The highest BCUT2D eigenvalue weighted by Crippen LogP contribution is 2.43. The summed E-state index contributed by atoms with van der Waals surface area (Å²) in [6.07, 6.45) is 4.99. The summed E-state index contributed by atoms with van der Waals surface area (Å²) < 4.78 is 0. The van der Waals surface area contributed by atoms with E-state index >= 15 is 0 Å². The number of anilines is 2. The molecule has 32 heavy (non-hydrogen) atoms. The predicted molar refractivity (Wildman–Crippen MR) is 134 cm³/mol. The van der Waals surface area contributed by atoms with Gasteiger partial charge in [-0.05, 0) is 78.0 Å². The summed E-state index contributed by atoms with van der Waals surface area (Å²) in [4.78, 5) is 27.1. The second-order valence-electron chi connectivity index (χ2n) is 10.5. The van der Waals surface area contributed by atoms with E-state index in [1.165, 1.54) is 17.5 Å². The van der Waals surface area contributed by atoms with Crippen molar-refractivity contribution in [1.29, 1.82) is 0 Å². The zero-order valence-corrected chi connectivity index (χ0v) is 20.4. The summed E-state index contributed by atoms with van der Waals surface area (Å²) in [5.74, 6) is 1.05. The van der Waals surface area contributed by atoms with Gasteiger partial charge in [-0.3, -0.25) is 14.5 Å². The molecule has 2 aliphatic rings. The third-order valence-corrected chi connectivity index (χ3v) is 7.41. The number of benzene rings is 2. The minimum atomic E-state index is -0.0292. The number of thioether (sulfide) groups is 1. The molecule has 4 nitrogen and oxygen atoms in total. The molecule has 0 saturated carbocycles. The largest absolute Gasteiger partial charge is 0.326 e. The number of rotatable bonds is 6. The normalized spacial score (nSPS) is 19.2. The van der Waals surface area contributed by atoms with Gasteiger partial charge in [0.15, 0.2) is 0 Å². The highest BCUT2D eigenvalue weighted by Gasteiger charge is 2.34. The van der Waals surface area contributed by atoms with E-state index in [1.807, 2.05) is 29.2 Å². The molecule has 2 aromatic rings. The van der Waals surface area contributed by atoms with Crippen molar-refractivity contribution >= 4 is 35.0 Å². The van der Waals surface area contributed by atoms with Crippen molar-refractivity contribution in [3.63, 3.8) is 0 Å². The molecule has 2 atom stereocenters. The molecule has 0 spiro atoms. The lowest BCUT2D eigenvalue weighted by atomic mass is 9.84. The quantitative estimate of drug-likeness (QED) is 0.557. The minimum absolute atomic E-state index is 0.0292. The Bertz CT molecular complexity index is 994. The summed E-state index contributed by atoms with van der Waals surface area (Å²) in [6.45, 7) is 8.75. The smallest absolute Gasteiger partial charge is 0.238 e. The molecule has 1 aliphatic carbocycles. The van der Waals surface area contributed by atoms with Crippen molar-refractivity contribution in [1.82, 2.24) is 0 Å². The minimum Gasteiger partial charge on any atom is -0.326 e. The highest BCUT2D eigenvalue weighted by atomic mass is 32.2. The topological polar surface area (TPSA) is 49.4 Å². The molecule has 2 amide bonds. The second kappa shape index (κ2) is 9.30. The molecule has 1 aliphatic heterocycles. The fourth-order valence-electron chi connectivity index (χ4n) is 5.03. The number of hydrogen-bond acceptors (Lipinski definition) is 3. The molecule has 1 saturated heterocycles. The number of nitrogens with zero attached hydrogens (tertiary/aromatic N) is 1. The Balaban J connectivity index is 1.43. The number of nitrogens with one attached hydrogen (secondary N) is 1. The van der Waals surface area contributed by atoms with Crippen LogP contribution in [0.25, 0.3) is 0 Å². The van der Waals surface area contributed by atoms with Gasteiger partial charge in [0.25, 0.3) is 0 Å². The van der Waals surface area contributed by atoms with Crippen LogP contribution in [0.3, 0.4) is 0 Å². The molecule has 1 heterocycles. The number of fused-ring (bicyclic) bond motifs is 1. The molecule has 5 heteroatoms. The van der Waals surface area contributed by atoms with E-state index in [1.54, 1.807) is 11.8 Å². The number of aryl methyl sites for hydroxylation is 2. The second-order valence-corrected chi connectivity index (χ2v) is 11.5. The molecular formula is C27H34N2O2S. The zero-order valence-electron chi connectivity index (χ0n) is 19.6. The molecule has 1 N–H and O–H groups in total. The number of carbonyl (C=O) groups excluding carboxylic acids is 2. The van der Waals surface area contributed by atoms with Crippen molar-refractivity contribution in [2.24, 2.45) is 11.3 Å². The van der Waals surface area contributed by atoms with Crippen molar-refractivity contribution in [2.75, 3.05) is 16.0 Å². The molecule has 0 aromatic heterocycles. The first-order chi connectivity index (χ1) is 15.2. The highest BCUT2D eigenvalue weighted by molar-refractivity contribution is 8.00. The van der Waals surface area contributed by atoms with Crippen LogP contribution >= 0.6 is 11.8 Å². The molecule has 0 radical (unpaired) electrons. The molecule has 2 aromatic carbocycles. The van der Waals surface area contributed by atoms with Gasteiger partial charge >= 0.3 is 0 Å². The first kappa shape index (κ1) is 22.9. The number of amides is 2. The Morgan fingerprint density at radius 1 is 1.12 bits per heavy atom. The van der Waals surface area contributed by atoms with Crippen LogP contribution in [0.15, 0.2) is 42.5 Å². The predicted octanol–water partition coefficient (Wildman–Crippen LogP) is 6.35. The van der Waals surface area contributed by atoms with Gasteiger partial charge in [-0.15, -0.1) is 11.8 Å². The van der Waals surface area contributed by atoms with E-state index in [-0.39, 0.29) is 22.6 Å². The molecule has 0 bridgehead atoms. The van der Waals surface area contributed by atoms with Crippen molar-refractivity contribution in [3.8, 4) is 0 Å². The van der Waals surface area contributed by atoms with Crippen LogP contribution in [0, 0.1) is 11.3 Å².